The summed E-state index contributed by atoms with van der Waals surface area (Å²) >= 11 is 6.08. The normalized spacial score (nSPS) is 16.7. The number of H-pyrrole nitrogens is 1. The highest BCUT2D eigenvalue weighted by atomic mass is 35.5. The van der Waals surface area contributed by atoms with E-state index in [9.17, 15) is 0 Å². The summed E-state index contributed by atoms with van der Waals surface area (Å²) in [7, 11) is 0. The summed E-state index contributed by atoms with van der Waals surface area (Å²) in [5.74, 6) is 0. The first-order valence-electron chi connectivity index (χ1n) is 8.52. The highest BCUT2D eigenvalue weighted by molar-refractivity contribution is 6.30. The lowest BCUT2D eigenvalue weighted by atomic mass is 10.1. The number of benzene rings is 2. The van der Waals surface area contributed by atoms with Crippen LogP contribution in [0.25, 0.3) is 10.9 Å². The largest absolute Gasteiger partial charge is 0.361 e. The molecule has 0 aliphatic carbocycles. The van der Waals surface area contributed by atoms with Crippen LogP contribution in [0, 0.1) is 0 Å². The van der Waals surface area contributed by atoms with Crippen molar-refractivity contribution in [3.63, 3.8) is 0 Å². The molecule has 0 radical (unpaired) electrons. The Hall–Kier alpha value is -1.81. The standard InChI is InChI=1S/C20H22ClN3/c21-18-5-3-4-16(12-18)14-23-8-10-24(11-9-23)15-17-13-22-20-7-2-1-6-19(17)20/h1-7,12-13,22H,8-11,14-15H2. The summed E-state index contributed by atoms with van der Waals surface area (Å²) in [4.78, 5) is 8.43. The fraction of sp³-hybridized carbons (Fsp3) is 0.300. The number of nitrogens with one attached hydrogen (secondary N) is 1. The average molecular weight is 340 g/mol. The molecule has 4 rings (SSSR count). The van der Waals surface area contributed by atoms with Crippen molar-refractivity contribution in [3.05, 3.63) is 70.9 Å². The lowest BCUT2D eigenvalue weighted by Crippen LogP contribution is -2.45. The zero-order chi connectivity index (χ0) is 16.4. The zero-order valence-corrected chi connectivity index (χ0v) is 14.5. The van der Waals surface area contributed by atoms with Gasteiger partial charge in [-0.05, 0) is 29.3 Å². The van der Waals surface area contributed by atoms with Gasteiger partial charge in [-0.25, -0.2) is 0 Å². The van der Waals surface area contributed by atoms with E-state index in [0.29, 0.717) is 0 Å². The van der Waals surface area contributed by atoms with Crippen molar-refractivity contribution in [2.24, 2.45) is 0 Å². The predicted molar refractivity (Wildman–Crippen MR) is 100 cm³/mol. The number of aromatic nitrogens is 1. The lowest BCUT2D eigenvalue weighted by molar-refractivity contribution is 0.122. The van der Waals surface area contributed by atoms with E-state index in [1.165, 1.54) is 22.0 Å². The average Bonchev–Trinajstić information content (AvgIpc) is 3.00. The number of para-hydroxylation sites is 1. The van der Waals surface area contributed by atoms with Crippen LogP contribution in [-0.4, -0.2) is 41.0 Å². The van der Waals surface area contributed by atoms with Gasteiger partial charge < -0.3 is 4.98 Å². The maximum atomic E-state index is 6.08. The van der Waals surface area contributed by atoms with Crippen molar-refractivity contribution >= 4 is 22.5 Å². The second-order valence-corrected chi connectivity index (χ2v) is 6.98. The molecular formula is C20H22ClN3. The van der Waals surface area contributed by atoms with Crippen LogP contribution >= 0.6 is 11.6 Å². The van der Waals surface area contributed by atoms with Crippen molar-refractivity contribution in [2.75, 3.05) is 26.2 Å². The number of fused-ring (bicyclic) bond motifs is 1. The molecule has 0 bridgehead atoms. The van der Waals surface area contributed by atoms with Gasteiger partial charge in [0.05, 0.1) is 0 Å². The van der Waals surface area contributed by atoms with Crippen LogP contribution in [0.15, 0.2) is 54.7 Å². The van der Waals surface area contributed by atoms with Gasteiger partial charge in [-0.2, -0.15) is 0 Å². The molecule has 3 nitrogen and oxygen atoms in total. The third kappa shape index (κ3) is 3.48. The number of halogens is 1. The Labute approximate surface area is 147 Å². The van der Waals surface area contributed by atoms with Gasteiger partial charge in [0, 0.05) is 61.4 Å². The molecule has 0 saturated carbocycles. The Kier molecular flexibility index (Phi) is 4.56. The molecule has 3 aromatic rings. The molecule has 2 heterocycles. The van der Waals surface area contributed by atoms with Crippen LogP contribution in [-0.2, 0) is 13.1 Å². The van der Waals surface area contributed by atoms with E-state index < -0.39 is 0 Å². The maximum Gasteiger partial charge on any atom is 0.0457 e. The van der Waals surface area contributed by atoms with Gasteiger partial charge in [0.2, 0.25) is 0 Å². The maximum absolute atomic E-state index is 6.08. The molecule has 0 spiro atoms. The molecule has 1 aliphatic heterocycles. The molecule has 24 heavy (non-hydrogen) atoms. The molecule has 0 amide bonds. The van der Waals surface area contributed by atoms with Crippen LogP contribution < -0.4 is 0 Å². The first kappa shape index (κ1) is 15.7. The fourth-order valence-corrected chi connectivity index (χ4v) is 3.72. The minimum Gasteiger partial charge on any atom is -0.361 e. The third-order valence-corrected chi connectivity index (χ3v) is 5.06. The van der Waals surface area contributed by atoms with E-state index in [1.807, 2.05) is 12.1 Å². The van der Waals surface area contributed by atoms with Crippen LogP contribution in [0.5, 0.6) is 0 Å². The van der Waals surface area contributed by atoms with E-state index >= 15 is 0 Å². The van der Waals surface area contributed by atoms with Crippen LogP contribution in [0.1, 0.15) is 11.1 Å². The van der Waals surface area contributed by atoms with E-state index in [0.717, 1.165) is 44.3 Å². The highest BCUT2D eigenvalue weighted by Crippen LogP contribution is 2.20. The quantitative estimate of drug-likeness (QED) is 0.771. The topological polar surface area (TPSA) is 22.3 Å². The number of piperazine rings is 1. The lowest BCUT2D eigenvalue weighted by Gasteiger charge is -2.34. The Morgan fingerprint density at radius 1 is 0.875 bits per heavy atom. The second-order valence-electron chi connectivity index (χ2n) is 6.54. The van der Waals surface area contributed by atoms with Gasteiger partial charge in [-0.3, -0.25) is 9.80 Å². The smallest absolute Gasteiger partial charge is 0.0457 e. The van der Waals surface area contributed by atoms with Crippen LogP contribution in [0.4, 0.5) is 0 Å². The van der Waals surface area contributed by atoms with Gasteiger partial charge in [-0.1, -0.05) is 41.9 Å². The van der Waals surface area contributed by atoms with E-state index in [-0.39, 0.29) is 0 Å². The van der Waals surface area contributed by atoms with E-state index in [4.69, 9.17) is 11.6 Å². The molecule has 1 fully saturated rings. The number of nitrogens with zero attached hydrogens (tertiary/aromatic N) is 2. The van der Waals surface area contributed by atoms with Crippen LogP contribution in [0.2, 0.25) is 5.02 Å². The van der Waals surface area contributed by atoms with Crippen molar-refractivity contribution in [2.45, 2.75) is 13.1 Å². The summed E-state index contributed by atoms with van der Waals surface area (Å²) < 4.78 is 0. The Bertz CT molecular complexity index is 818. The molecule has 1 aliphatic rings. The van der Waals surface area contributed by atoms with Gasteiger partial charge in [0.25, 0.3) is 0 Å². The first-order chi connectivity index (χ1) is 11.8. The first-order valence-corrected chi connectivity index (χ1v) is 8.90. The minimum absolute atomic E-state index is 0.825. The summed E-state index contributed by atoms with van der Waals surface area (Å²) in [5, 5.41) is 2.17. The molecule has 124 valence electrons. The third-order valence-electron chi connectivity index (χ3n) is 4.83. The summed E-state index contributed by atoms with van der Waals surface area (Å²) in [6, 6.07) is 16.7. The summed E-state index contributed by atoms with van der Waals surface area (Å²) in [6.45, 7) is 6.44. The van der Waals surface area contributed by atoms with Gasteiger partial charge >= 0.3 is 0 Å². The van der Waals surface area contributed by atoms with Gasteiger partial charge in [0.15, 0.2) is 0 Å². The van der Waals surface area contributed by atoms with Crippen molar-refractivity contribution in [3.8, 4) is 0 Å². The molecule has 1 saturated heterocycles. The van der Waals surface area contributed by atoms with Gasteiger partial charge in [-0.15, -0.1) is 0 Å². The van der Waals surface area contributed by atoms with E-state index in [1.54, 1.807) is 0 Å². The summed E-state index contributed by atoms with van der Waals surface area (Å²) in [5.41, 5.74) is 3.92. The Balaban J connectivity index is 1.34. The monoisotopic (exact) mass is 339 g/mol. The second kappa shape index (κ2) is 6.98. The van der Waals surface area contributed by atoms with E-state index in [2.05, 4.69) is 57.4 Å². The number of hydrogen-bond acceptors (Lipinski definition) is 2. The molecule has 0 atom stereocenters. The summed E-state index contributed by atoms with van der Waals surface area (Å²) in [6.07, 6.45) is 2.16. The zero-order valence-electron chi connectivity index (χ0n) is 13.7. The Morgan fingerprint density at radius 3 is 2.42 bits per heavy atom. The molecular weight excluding hydrogens is 318 g/mol. The highest BCUT2D eigenvalue weighted by Gasteiger charge is 2.18. The molecule has 2 aromatic carbocycles. The Morgan fingerprint density at radius 2 is 1.62 bits per heavy atom. The number of rotatable bonds is 4. The minimum atomic E-state index is 0.825. The SMILES string of the molecule is Clc1cccc(CN2CCN(Cc3c[nH]c4ccccc34)CC2)c1. The predicted octanol–water partition coefficient (Wildman–Crippen LogP) is 4.14. The van der Waals surface area contributed by atoms with Gasteiger partial charge in [0.1, 0.15) is 0 Å². The molecule has 1 N–H and O–H groups in total. The number of hydrogen-bond donors (Lipinski definition) is 1. The number of aromatic amines is 1. The molecule has 1 aromatic heterocycles. The van der Waals surface area contributed by atoms with Crippen molar-refractivity contribution in [1.82, 2.24) is 14.8 Å². The molecule has 4 heteroatoms. The van der Waals surface area contributed by atoms with Crippen molar-refractivity contribution in [1.29, 1.82) is 0 Å². The molecule has 0 unspecified atom stereocenters. The van der Waals surface area contributed by atoms with Crippen molar-refractivity contribution < 1.29 is 0 Å². The van der Waals surface area contributed by atoms with Crippen LogP contribution in [0.3, 0.4) is 0 Å². The fourth-order valence-electron chi connectivity index (χ4n) is 3.50.